The quantitative estimate of drug-likeness (QED) is 0.727. The lowest BCUT2D eigenvalue weighted by Crippen LogP contribution is -2.16. The zero-order valence-electron chi connectivity index (χ0n) is 11.4. The lowest BCUT2D eigenvalue weighted by Gasteiger charge is -2.13. The lowest BCUT2D eigenvalue weighted by molar-refractivity contribution is -0.122. The van der Waals surface area contributed by atoms with E-state index in [4.69, 9.17) is 0 Å². The Bertz CT molecular complexity index is 447. The summed E-state index contributed by atoms with van der Waals surface area (Å²) in [5, 5.41) is 0. The van der Waals surface area contributed by atoms with Crippen LogP contribution in [0.25, 0.3) is 0 Å². The van der Waals surface area contributed by atoms with Crippen LogP contribution in [0.1, 0.15) is 42.4 Å². The van der Waals surface area contributed by atoms with Crippen molar-refractivity contribution in [2.24, 2.45) is 5.92 Å². The Morgan fingerprint density at radius 1 is 1.11 bits per heavy atom. The fourth-order valence-electron chi connectivity index (χ4n) is 2.56. The van der Waals surface area contributed by atoms with Gasteiger partial charge in [0.15, 0.2) is 0 Å². The van der Waals surface area contributed by atoms with Gasteiger partial charge in [0.1, 0.15) is 5.78 Å². The van der Waals surface area contributed by atoms with Crippen LogP contribution < -0.4 is 0 Å². The first-order chi connectivity index (χ1) is 8.66. The van der Waals surface area contributed by atoms with Crippen molar-refractivity contribution in [1.82, 2.24) is 0 Å². The van der Waals surface area contributed by atoms with Crippen LogP contribution in [0.15, 0.2) is 30.4 Å². The van der Waals surface area contributed by atoms with Gasteiger partial charge in [-0.05, 0) is 56.2 Å². The molecule has 0 aliphatic heterocycles. The second kappa shape index (κ2) is 5.99. The summed E-state index contributed by atoms with van der Waals surface area (Å²) in [7, 11) is 0. The summed E-state index contributed by atoms with van der Waals surface area (Å²) >= 11 is 0. The van der Waals surface area contributed by atoms with Gasteiger partial charge in [0, 0.05) is 12.3 Å². The summed E-state index contributed by atoms with van der Waals surface area (Å²) in [4.78, 5) is 12.3. The number of hydrogen-bond donors (Lipinski definition) is 0. The van der Waals surface area contributed by atoms with Crippen LogP contribution in [0.5, 0.6) is 0 Å². The Morgan fingerprint density at radius 3 is 2.39 bits per heavy atom. The summed E-state index contributed by atoms with van der Waals surface area (Å²) in [5.74, 6) is 0.684. The van der Waals surface area contributed by atoms with Gasteiger partial charge in [-0.15, -0.1) is 0 Å². The van der Waals surface area contributed by atoms with Gasteiger partial charge in [0.2, 0.25) is 0 Å². The average Bonchev–Trinajstić information content (AvgIpc) is 2.62. The van der Waals surface area contributed by atoms with E-state index in [9.17, 15) is 4.79 Å². The van der Waals surface area contributed by atoms with Crippen LogP contribution in [0.4, 0.5) is 0 Å². The highest BCUT2D eigenvalue weighted by Crippen LogP contribution is 2.21. The van der Waals surface area contributed by atoms with Gasteiger partial charge in [-0.1, -0.05) is 30.4 Å². The summed E-state index contributed by atoms with van der Waals surface area (Å²) in [6.07, 6.45) is 9.20. The molecule has 0 aromatic heterocycles. The predicted molar refractivity (Wildman–Crippen MR) is 75.7 cm³/mol. The Morgan fingerprint density at radius 2 is 1.78 bits per heavy atom. The van der Waals surface area contributed by atoms with Gasteiger partial charge >= 0.3 is 0 Å². The third kappa shape index (κ3) is 3.32. The van der Waals surface area contributed by atoms with Crippen LogP contribution in [0.2, 0.25) is 0 Å². The van der Waals surface area contributed by atoms with Crippen molar-refractivity contribution in [3.8, 4) is 0 Å². The third-order valence-electron chi connectivity index (χ3n) is 3.94. The minimum Gasteiger partial charge on any atom is -0.299 e. The molecular formula is C17H22O. The van der Waals surface area contributed by atoms with E-state index in [0.29, 0.717) is 12.2 Å². The van der Waals surface area contributed by atoms with Gasteiger partial charge < -0.3 is 0 Å². The molecule has 0 unspecified atom stereocenters. The molecule has 96 valence electrons. The molecule has 0 heterocycles. The van der Waals surface area contributed by atoms with Crippen molar-refractivity contribution in [2.75, 3.05) is 0 Å². The molecule has 1 nitrogen and oxygen atoms in total. The summed E-state index contributed by atoms with van der Waals surface area (Å²) in [5.41, 5.74) is 3.74. The largest absolute Gasteiger partial charge is 0.299 e. The molecule has 1 aliphatic carbocycles. The van der Waals surface area contributed by atoms with Crippen molar-refractivity contribution in [2.45, 2.75) is 46.0 Å². The first-order valence-corrected chi connectivity index (χ1v) is 6.90. The van der Waals surface area contributed by atoms with Crippen molar-refractivity contribution < 1.29 is 4.79 Å². The molecule has 0 radical (unpaired) electrons. The second-order valence-corrected chi connectivity index (χ2v) is 5.38. The van der Waals surface area contributed by atoms with Gasteiger partial charge in [-0.3, -0.25) is 4.79 Å². The molecule has 0 bridgehead atoms. The number of Topliss-reactive ketones (excluding diaryl/α,β-unsaturated/α-hetero) is 1. The highest BCUT2D eigenvalue weighted by atomic mass is 16.1. The zero-order valence-corrected chi connectivity index (χ0v) is 11.4. The van der Waals surface area contributed by atoms with Gasteiger partial charge in [0.05, 0.1) is 0 Å². The molecule has 0 saturated carbocycles. The van der Waals surface area contributed by atoms with E-state index in [2.05, 4.69) is 44.2 Å². The predicted octanol–water partition coefficient (Wildman–Crippen LogP) is 4.16. The highest BCUT2D eigenvalue weighted by molar-refractivity contribution is 5.83. The normalized spacial score (nSPS) is 16.6. The molecule has 0 spiro atoms. The Kier molecular flexibility index (Phi) is 4.35. The Balaban J connectivity index is 1.99. The van der Waals surface area contributed by atoms with Crippen LogP contribution in [0, 0.1) is 19.8 Å². The maximum Gasteiger partial charge on any atom is 0.140 e. The maximum atomic E-state index is 12.3. The molecule has 1 aromatic carbocycles. The molecule has 0 fully saturated rings. The molecule has 0 N–H and O–H groups in total. The second-order valence-electron chi connectivity index (χ2n) is 5.38. The van der Waals surface area contributed by atoms with Crippen molar-refractivity contribution in [3.63, 3.8) is 0 Å². The highest BCUT2D eigenvalue weighted by Gasteiger charge is 2.18. The molecule has 0 atom stereocenters. The Labute approximate surface area is 110 Å². The first-order valence-electron chi connectivity index (χ1n) is 6.90. The van der Waals surface area contributed by atoms with E-state index in [1.807, 2.05) is 0 Å². The van der Waals surface area contributed by atoms with Gasteiger partial charge in [0.25, 0.3) is 0 Å². The number of benzene rings is 1. The molecule has 0 amide bonds. The monoisotopic (exact) mass is 242 g/mol. The SMILES string of the molecule is Cc1ccc(CC(=O)C2CCC=CCC2)cc1C. The van der Waals surface area contributed by atoms with E-state index in [0.717, 1.165) is 25.7 Å². The van der Waals surface area contributed by atoms with E-state index in [1.165, 1.54) is 16.7 Å². The first kappa shape index (κ1) is 13.1. The molecule has 1 heteroatoms. The molecule has 1 aromatic rings. The van der Waals surface area contributed by atoms with E-state index in [1.54, 1.807) is 0 Å². The van der Waals surface area contributed by atoms with Crippen molar-refractivity contribution in [1.29, 1.82) is 0 Å². The van der Waals surface area contributed by atoms with Crippen LogP contribution in [-0.2, 0) is 11.2 Å². The molecule has 2 rings (SSSR count). The smallest absolute Gasteiger partial charge is 0.140 e. The molecular weight excluding hydrogens is 220 g/mol. The maximum absolute atomic E-state index is 12.3. The number of carbonyl (C=O) groups is 1. The zero-order chi connectivity index (χ0) is 13.0. The number of rotatable bonds is 3. The minimum absolute atomic E-state index is 0.265. The van der Waals surface area contributed by atoms with Gasteiger partial charge in [-0.25, -0.2) is 0 Å². The number of ketones is 1. The number of allylic oxidation sites excluding steroid dienone is 2. The Hall–Kier alpha value is -1.37. The van der Waals surface area contributed by atoms with E-state index < -0.39 is 0 Å². The van der Waals surface area contributed by atoms with Gasteiger partial charge in [-0.2, -0.15) is 0 Å². The standard InChI is InChI=1S/C17H22O/c1-13-9-10-15(11-14(13)2)12-17(18)16-7-5-3-4-6-8-16/h3-4,9-11,16H,5-8,12H2,1-2H3. The fraction of sp³-hybridized carbons (Fsp3) is 0.471. The summed E-state index contributed by atoms with van der Waals surface area (Å²) in [6.45, 7) is 4.22. The fourth-order valence-corrected chi connectivity index (χ4v) is 2.56. The lowest BCUT2D eigenvalue weighted by atomic mass is 9.90. The van der Waals surface area contributed by atoms with Crippen molar-refractivity contribution >= 4 is 5.78 Å². The molecule has 18 heavy (non-hydrogen) atoms. The van der Waals surface area contributed by atoms with E-state index in [-0.39, 0.29) is 5.92 Å². The molecule has 1 aliphatic rings. The number of hydrogen-bond acceptors (Lipinski definition) is 1. The molecule has 0 saturated heterocycles. The third-order valence-corrected chi connectivity index (χ3v) is 3.94. The number of carbonyl (C=O) groups excluding carboxylic acids is 1. The van der Waals surface area contributed by atoms with Crippen LogP contribution in [-0.4, -0.2) is 5.78 Å². The summed E-state index contributed by atoms with van der Waals surface area (Å²) in [6, 6.07) is 6.37. The minimum atomic E-state index is 0.265. The van der Waals surface area contributed by atoms with Crippen molar-refractivity contribution in [3.05, 3.63) is 47.0 Å². The topological polar surface area (TPSA) is 17.1 Å². The van der Waals surface area contributed by atoms with Crippen LogP contribution in [0.3, 0.4) is 0 Å². The van der Waals surface area contributed by atoms with Crippen LogP contribution >= 0.6 is 0 Å². The van der Waals surface area contributed by atoms with E-state index >= 15 is 0 Å². The average molecular weight is 242 g/mol. The number of aryl methyl sites for hydroxylation is 2. The summed E-state index contributed by atoms with van der Waals surface area (Å²) < 4.78 is 0.